The fourth-order valence-electron chi connectivity index (χ4n) is 2.19. The normalized spacial score (nSPS) is 17.8. The highest BCUT2D eigenvalue weighted by Gasteiger charge is 2.39. The van der Waals surface area contributed by atoms with E-state index in [0.29, 0.717) is 32.6 Å². The van der Waals surface area contributed by atoms with Crippen LogP contribution in [0.15, 0.2) is 25.6 Å². The Kier molecular flexibility index (Phi) is 5.64. The Balaban J connectivity index is 2.23. The number of hydrogen-bond donors (Lipinski definition) is 2. The lowest BCUT2D eigenvalue weighted by molar-refractivity contribution is -0.130. The average Bonchev–Trinajstić information content (AvgIpc) is 2.43. The van der Waals surface area contributed by atoms with Gasteiger partial charge in [-0.3, -0.25) is 4.79 Å². The number of rotatable bonds is 3. The summed E-state index contributed by atoms with van der Waals surface area (Å²) >= 11 is 10.3. The molecular weight excluding hydrogens is 456 g/mol. The minimum atomic E-state index is -0.537. The molecule has 0 saturated carbocycles. The van der Waals surface area contributed by atoms with Crippen molar-refractivity contribution < 1.29 is 9.53 Å². The van der Waals surface area contributed by atoms with Crippen LogP contribution in [0, 0.1) is 5.41 Å². The molecule has 3 N–H and O–H groups in total. The van der Waals surface area contributed by atoms with Crippen LogP contribution in [-0.2, 0) is 9.53 Å². The molecule has 0 aromatic heterocycles. The minimum absolute atomic E-state index is 0.0491. The zero-order valence-electron chi connectivity index (χ0n) is 10.7. The molecule has 1 aromatic carbocycles. The van der Waals surface area contributed by atoms with Gasteiger partial charge in [-0.1, -0.05) is 15.9 Å². The van der Waals surface area contributed by atoms with Crippen molar-refractivity contribution in [3.63, 3.8) is 0 Å². The third-order valence-corrected chi connectivity index (χ3v) is 5.28. The number of carbonyl (C=O) groups is 1. The van der Waals surface area contributed by atoms with Crippen molar-refractivity contribution in [3.05, 3.63) is 25.6 Å². The molecule has 2 rings (SSSR count). The Morgan fingerprint density at radius 3 is 2.30 bits per heavy atom. The molecule has 0 atom stereocenters. The van der Waals surface area contributed by atoms with E-state index in [1.54, 1.807) is 0 Å². The highest BCUT2D eigenvalue weighted by atomic mass is 79.9. The Morgan fingerprint density at radius 1 is 1.25 bits per heavy atom. The van der Waals surface area contributed by atoms with E-state index in [0.717, 1.165) is 19.1 Å². The maximum Gasteiger partial charge on any atom is 0.232 e. The Bertz CT molecular complexity index is 493. The zero-order valence-corrected chi connectivity index (χ0v) is 15.5. The van der Waals surface area contributed by atoms with Crippen molar-refractivity contribution in [3.8, 4) is 0 Å². The van der Waals surface area contributed by atoms with E-state index in [1.807, 2.05) is 12.1 Å². The van der Waals surface area contributed by atoms with Gasteiger partial charge in [0.15, 0.2) is 0 Å². The predicted octanol–water partition coefficient (Wildman–Crippen LogP) is 3.67. The molecule has 0 unspecified atom stereocenters. The number of anilines is 1. The molecule has 1 fully saturated rings. The molecule has 1 saturated heterocycles. The van der Waals surface area contributed by atoms with E-state index in [1.165, 1.54) is 0 Å². The van der Waals surface area contributed by atoms with Gasteiger partial charge in [0, 0.05) is 33.2 Å². The number of benzene rings is 1. The van der Waals surface area contributed by atoms with Gasteiger partial charge in [0.1, 0.15) is 0 Å². The van der Waals surface area contributed by atoms with E-state index in [4.69, 9.17) is 10.5 Å². The number of carbonyl (C=O) groups excluding carboxylic acids is 1. The van der Waals surface area contributed by atoms with Gasteiger partial charge in [0.2, 0.25) is 5.91 Å². The topological polar surface area (TPSA) is 64.4 Å². The summed E-state index contributed by atoms with van der Waals surface area (Å²) in [6.07, 6.45) is 1.31. The maximum atomic E-state index is 12.6. The Labute approximate surface area is 143 Å². The summed E-state index contributed by atoms with van der Waals surface area (Å²) < 4.78 is 7.88. The average molecular weight is 471 g/mol. The standard InChI is InChI=1S/C13H15Br3N2O2/c14-8-5-9(15)11(10(16)6-8)18-12(19)13(7-17)1-3-20-4-2-13/h5-6H,1-4,7,17H2,(H,18,19). The molecule has 20 heavy (non-hydrogen) atoms. The lowest BCUT2D eigenvalue weighted by Gasteiger charge is -2.34. The summed E-state index contributed by atoms with van der Waals surface area (Å²) in [5.74, 6) is -0.0491. The van der Waals surface area contributed by atoms with Crippen molar-refractivity contribution >= 4 is 59.4 Å². The molecule has 7 heteroatoms. The summed E-state index contributed by atoms with van der Waals surface area (Å²) in [5.41, 5.74) is 6.03. The third-order valence-electron chi connectivity index (χ3n) is 3.57. The van der Waals surface area contributed by atoms with Crippen LogP contribution in [0.25, 0.3) is 0 Å². The first-order valence-corrected chi connectivity index (χ1v) is 8.60. The quantitative estimate of drug-likeness (QED) is 0.708. The second-order valence-corrected chi connectivity index (χ2v) is 7.42. The maximum absolute atomic E-state index is 12.6. The van der Waals surface area contributed by atoms with Crippen LogP contribution in [0.3, 0.4) is 0 Å². The lowest BCUT2D eigenvalue weighted by Crippen LogP contribution is -2.46. The summed E-state index contributed by atoms with van der Waals surface area (Å²) in [6, 6.07) is 3.78. The Morgan fingerprint density at radius 2 is 1.80 bits per heavy atom. The van der Waals surface area contributed by atoms with Crippen LogP contribution in [0.5, 0.6) is 0 Å². The number of nitrogens with two attached hydrogens (primary N) is 1. The number of hydrogen-bond acceptors (Lipinski definition) is 3. The SMILES string of the molecule is NCC1(C(=O)Nc2c(Br)cc(Br)cc2Br)CCOCC1. The number of halogens is 3. The van der Waals surface area contributed by atoms with Crippen LogP contribution in [0.2, 0.25) is 0 Å². The van der Waals surface area contributed by atoms with Crippen LogP contribution in [-0.4, -0.2) is 25.7 Å². The summed E-state index contributed by atoms with van der Waals surface area (Å²) in [4.78, 5) is 12.6. The predicted molar refractivity (Wildman–Crippen MR) is 89.7 cm³/mol. The molecule has 1 aliphatic rings. The van der Waals surface area contributed by atoms with E-state index < -0.39 is 5.41 Å². The first-order valence-electron chi connectivity index (χ1n) is 6.22. The fraction of sp³-hybridized carbons (Fsp3) is 0.462. The van der Waals surface area contributed by atoms with Crippen LogP contribution in [0.4, 0.5) is 5.69 Å². The molecule has 110 valence electrons. The molecule has 1 amide bonds. The van der Waals surface area contributed by atoms with Gasteiger partial charge in [0.25, 0.3) is 0 Å². The molecule has 1 heterocycles. The largest absolute Gasteiger partial charge is 0.381 e. The van der Waals surface area contributed by atoms with Crippen molar-refractivity contribution in [2.24, 2.45) is 11.1 Å². The molecule has 0 spiro atoms. The van der Waals surface area contributed by atoms with E-state index in [2.05, 4.69) is 53.1 Å². The minimum Gasteiger partial charge on any atom is -0.381 e. The fourth-order valence-corrected chi connectivity index (χ4v) is 4.65. The molecule has 1 aromatic rings. The summed E-state index contributed by atoms with van der Waals surface area (Å²) in [5, 5.41) is 2.98. The van der Waals surface area contributed by atoms with Gasteiger partial charge < -0.3 is 15.8 Å². The molecular formula is C13H15Br3N2O2. The lowest BCUT2D eigenvalue weighted by atomic mass is 9.79. The van der Waals surface area contributed by atoms with Gasteiger partial charge in [-0.15, -0.1) is 0 Å². The van der Waals surface area contributed by atoms with E-state index in [-0.39, 0.29) is 5.91 Å². The third kappa shape index (κ3) is 3.44. The second-order valence-electron chi connectivity index (χ2n) is 4.80. The number of nitrogens with one attached hydrogen (secondary N) is 1. The van der Waals surface area contributed by atoms with Crippen LogP contribution < -0.4 is 11.1 Å². The molecule has 0 bridgehead atoms. The second kappa shape index (κ2) is 6.87. The number of amides is 1. The zero-order chi connectivity index (χ0) is 14.8. The van der Waals surface area contributed by atoms with Gasteiger partial charge in [-0.25, -0.2) is 0 Å². The monoisotopic (exact) mass is 468 g/mol. The van der Waals surface area contributed by atoms with E-state index >= 15 is 0 Å². The van der Waals surface area contributed by atoms with Crippen molar-refractivity contribution in [1.29, 1.82) is 0 Å². The highest BCUT2D eigenvalue weighted by Crippen LogP contribution is 2.37. The number of ether oxygens (including phenoxy) is 1. The first-order chi connectivity index (χ1) is 9.48. The van der Waals surface area contributed by atoms with Crippen LogP contribution in [0.1, 0.15) is 12.8 Å². The summed E-state index contributed by atoms with van der Waals surface area (Å²) in [7, 11) is 0. The van der Waals surface area contributed by atoms with Crippen LogP contribution >= 0.6 is 47.8 Å². The molecule has 0 radical (unpaired) electrons. The van der Waals surface area contributed by atoms with Gasteiger partial charge in [0.05, 0.1) is 11.1 Å². The molecule has 1 aliphatic heterocycles. The van der Waals surface area contributed by atoms with Crippen molar-refractivity contribution in [2.75, 3.05) is 25.1 Å². The van der Waals surface area contributed by atoms with Gasteiger partial charge in [-0.2, -0.15) is 0 Å². The highest BCUT2D eigenvalue weighted by molar-refractivity contribution is 9.11. The van der Waals surface area contributed by atoms with Crippen molar-refractivity contribution in [1.82, 2.24) is 0 Å². The Hall–Kier alpha value is 0.0500. The van der Waals surface area contributed by atoms with Gasteiger partial charge in [-0.05, 0) is 56.8 Å². The van der Waals surface area contributed by atoms with Gasteiger partial charge >= 0.3 is 0 Å². The smallest absolute Gasteiger partial charge is 0.232 e. The van der Waals surface area contributed by atoms with Crippen molar-refractivity contribution in [2.45, 2.75) is 12.8 Å². The molecule has 0 aliphatic carbocycles. The van der Waals surface area contributed by atoms with E-state index in [9.17, 15) is 4.79 Å². The summed E-state index contributed by atoms with van der Waals surface area (Å²) in [6.45, 7) is 1.48. The molecule has 4 nitrogen and oxygen atoms in total. The first kappa shape index (κ1) is 16.4.